The summed E-state index contributed by atoms with van der Waals surface area (Å²) in [6.45, 7) is 3.14. The van der Waals surface area contributed by atoms with Gasteiger partial charge in [-0.1, -0.05) is 41.5 Å². The zero-order valence-corrected chi connectivity index (χ0v) is 13.1. The Morgan fingerprint density at radius 1 is 1.14 bits per heavy atom. The number of benzene rings is 1. The molecule has 1 atom stereocenters. The lowest BCUT2D eigenvalue weighted by Crippen LogP contribution is -2.28. The van der Waals surface area contributed by atoms with Crippen LogP contribution in [0.2, 0.25) is 0 Å². The summed E-state index contributed by atoms with van der Waals surface area (Å²) in [5.41, 5.74) is 2.36. The highest BCUT2D eigenvalue weighted by atomic mass is 32.2. The predicted molar refractivity (Wildman–Crippen MR) is 84.5 cm³/mol. The molecule has 0 amide bonds. The molecule has 112 valence electrons. The van der Waals surface area contributed by atoms with E-state index in [1.807, 2.05) is 19.1 Å². The fourth-order valence-electron chi connectivity index (χ4n) is 3.04. The number of hydrogen-bond donors (Lipinski definition) is 0. The summed E-state index contributed by atoms with van der Waals surface area (Å²) in [7, 11) is -3.37. The van der Waals surface area contributed by atoms with Gasteiger partial charge in [-0.05, 0) is 44.2 Å². The summed E-state index contributed by atoms with van der Waals surface area (Å²) in [5, 5.41) is 0. The van der Waals surface area contributed by atoms with Crippen molar-refractivity contribution in [1.29, 1.82) is 0 Å². The number of allylic oxidation sites excluding steroid dienone is 3. The van der Waals surface area contributed by atoms with Gasteiger partial charge in [-0.25, -0.2) is 8.42 Å². The molecular formula is C17H21NO2S. The first-order chi connectivity index (χ1) is 10.1. The largest absolute Gasteiger partial charge is 0.243 e. The fraction of sp³-hybridized carbons (Fsp3) is 0.412. The van der Waals surface area contributed by atoms with Gasteiger partial charge in [-0.3, -0.25) is 0 Å². The van der Waals surface area contributed by atoms with Crippen LogP contribution in [-0.4, -0.2) is 25.8 Å². The molecule has 1 heterocycles. The molecule has 21 heavy (non-hydrogen) atoms. The zero-order chi connectivity index (χ0) is 14.9. The number of aryl methyl sites for hydroxylation is 1. The van der Waals surface area contributed by atoms with Gasteiger partial charge in [-0.15, -0.1) is 0 Å². The van der Waals surface area contributed by atoms with E-state index in [2.05, 4.69) is 18.2 Å². The molecule has 1 aliphatic carbocycles. The molecule has 1 saturated heterocycles. The molecule has 0 N–H and O–H groups in total. The van der Waals surface area contributed by atoms with Crippen LogP contribution in [0.4, 0.5) is 0 Å². The van der Waals surface area contributed by atoms with E-state index in [-0.39, 0.29) is 0 Å². The minimum atomic E-state index is -3.37. The van der Waals surface area contributed by atoms with Crippen LogP contribution in [0.15, 0.2) is 53.0 Å². The van der Waals surface area contributed by atoms with Crippen LogP contribution in [-0.2, 0) is 10.0 Å². The third kappa shape index (κ3) is 2.97. The van der Waals surface area contributed by atoms with Crippen molar-refractivity contribution in [3.05, 3.63) is 53.6 Å². The Morgan fingerprint density at radius 2 is 1.90 bits per heavy atom. The van der Waals surface area contributed by atoms with Gasteiger partial charge >= 0.3 is 0 Å². The van der Waals surface area contributed by atoms with E-state index in [9.17, 15) is 8.42 Å². The van der Waals surface area contributed by atoms with Crippen molar-refractivity contribution in [3.8, 4) is 0 Å². The van der Waals surface area contributed by atoms with Gasteiger partial charge in [0, 0.05) is 13.1 Å². The Hall–Kier alpha value is -1.39. The van der Waals surface area contributed by atoms with Crippen molar-refractivity contribution in [2.45, 2.75) is 31.1 Å². The molecular weight excluding hydrogens is 282 g/mol. The fourth-order valence-corrected chi connectivity index (χ4v) is 4.51. The highest BCUT2D eigenvalue weighted by molar-refractivity contribution is 7.89. The second-order valence-electron chi connectivity index (χ2n) is 5.87. The lowest BCUT2D eigenvalue weighted by Gasteiger charge is -2.16. The predicted octanol–water partition coefficient (Wildman–Crippen LogP) is 3.28. The van der Waals surface area contributed by atoms with E-state index in [0.29, 0.717) is 23.9 Å². The van der Waals surface area contributed by atoms with Gasteiger partial charge in [0.25, 0.3) is 0 Å². The van der Waals surface area contributed by atoms with Crippen molar-refractivity contribution in [1.82, 2.24) is 4.31 Å². The van der Waals surface area contributed by atoms with Crippen molar-refractivity contribution < 1.29 is 8.42 Å². The van der Waals surface area contributed by atoms with Crippen LogP contribution < -0.4 is 0 Å². The molecule has 1 aromatic carbocycles. The van der Waals surface area contributed by atoms with Crippen molar-refractivity contribution >= 4 is 10.0 Å². The average Bonchev–Trinajstić information content (AvgIpc) is 2.82. The first-order valence-electron chi connectivity index (χ1n) is 7.48. The van der Waals surface area contributed by atoms with Gasteiger partial charge < -0.3 is 0 Å². The van der Waals surface area contributed by atoms with E-state index in [1.165, 1.54) is 5.57 Å². The highest BCUT2D eigenvalue weighted by Crippen LogP contribution is 2.32. The van der Waals surface area contributed by atoms with Crippen molar-refractivity contribution in [2.24, 2.45) is 5.92 Å². The first kappa shape index (κ1) is 14.5. The van der Waals surface area contributed by atoms with Crippen molar-refractivity contribution in [2.75, 3.05) is 13.1 Å². The van der Waals surface area contributed by atoms with E-state index in [0.717, 1.165) is 24.8 Å². The molecule has 0 radical (unpaired) electrons. The summed E-state index contributed by atoms with van der Waals surface area (Å²) < 4.78 is 27.1. The molecule has 1 fully saturated rings. The molecule has 1 unspecified atom stereocenters. The van der Waals surface area contributed by atoms with Crippen LogP contribution >= 0.6 is 0 Å². The van der Waals surface area contributed by atoms with Crippen LogP contribution in [0.1, 0.15) is 24.8 Å². The summed E-state index contributed by atoms with van der Waals surface area (Å²) in [6, 6.07) is 7.13. The molecule has 3 nitrogen and oxygen atoms in total. The standard InChI is InChI=1S/C17H21NO2S/c1-14-8-10-17(11-9-14)21(19,20)18-12-15-6-4-2-3-5-7-16(15)13-18/h2-3,6,8-11,16H,4-5,7,12-13H2,1H3/b3-2-,15-6-. The third-order valence-electron chi connectivity index (χ3n) is 4.33. The zero-order valence-electron chi connectivity index (χ0n) is 12.3. The Bertz CT molecular complexity index is 671. The molecule has 0 bridgehead atoms. The highest BCUT2D eigenvalue weighted by Gasteiger charge is 2.35. The Balaban J connectivity index is 1.85. The molecule has 0 aromatic heterocycles. The lowest BCUT2D eigenvalue weighted by molar-refractivity contribution is 0.449. The van der Waals surface area contributed by atoms with Gasteiger partial charge in [0.2, 0.25) is 10.0 Å². The van der Waals surface area contributed by atoms with Crippen LogP contribution in [0.25, 0.3) is 0 Å². The maximum atomic E-state index is 12.7. The Kier molecular flexibility index (Phi) is 4.00. The summed E-state index contributed by atoms with van der Waals surface area (Å²) in [4.78, 5) is 0.404. The Morgan fingerprint density at radius 3 is 2.67 bits per heavy atom. The van der Waals surface area contributed by atoms with Gasteiger partial charge in [0.15, 0.2) is 0 Å². The summed E-state index contributed by atoms with van der Waals surface area (Å²) in [6.07, 6.45) is 9.57. The molecule has 1 aromatic rings. The lowest BCUT2D eigenvalue weighted by atomic mass is 9.94. The van der Waals surface area contributed by atoms with Gasteiger partial charge in [-0.2, -0.15) is 4.31 Å². The minimum Gasteiger partial charge on any atom is -0.207 e. The van der Waals surface area contributed by atoms with E-state index >= 15 is 0 Å². The molecule has 0 spiro atoms. The number of sulfonamides is 1. The summed E-state index contributed by atoms with van der Waals surface area (Å²) in [5.74, 6) is 0.384. The van der Waals surface area contributed by atoms with E-state index < -0.39 is 10.0 Å². The number of fused-ring (bicyclic) bond motifs is 1. The normalized spacial score (nSPS) is 27.3. The second kappa shape index (κ2) is 5.78. The quantitative estimate of drug-likeness (QED) is 0.786. The van der Waals surface area contributed by atoms with Crippen LogP contribution in [0.3, 0.4) is 0 Å². The van der Waals surface area contributed by atoms with Crippen molar-refractivity contribution in [3.63, 3.8) is 0 Å². The van der Waals surface area contributed by atoms with Gasteiger partial charge in [0.1, 0.15) is 0 Å². The smallest absolute Gasteiger partial charge is 0.207 e. The molecule has 0 saturated carbocycles. The molecule has 1 aliphatic heterocycles. The summed E-state index contributed by atoms with van der Waals surface area (Å²) >= 11 is 0. The Labute approximate surface area is 127 Å². The number of rotatable bonds is 2. The van der Waals surface area contributed by atoms with E-state index in [1.54, 1.807) is 16.4 Å². The van der Waals surface area contributed by atoms with Crippen LogP contribution in [0, 0.1) is 12.8 Å². The second-order valence-corrected chi connectivity index (χ2v) is 7.81. The van der Waals surface area contributed by atoms with Crippen LogP contribution in [0.5, 0.6) is 0 Å². The minimum absolute atomic E-state index is 0.384. The maximum absolute atomic E-state index is 12.7. The number of nitrogens with zero attached hydrogens (tertiary/aromatic N) is 1. The number of hydrogen-bond acceptors (Lipinski definition) is 2. The molecule has 2 aliphatic rings. The SMILES string of the molecule is Cc1ccc(S(=O)(=O)N2C/C3=C/C/C=C\CCC3C2)cc1. The van der Waals surface area contributed by atoms with Gasteiger partial charge in [0.05, 0.1) is 4.90 Å². The third-order valence-corrected chi connectivity index (χ3v) is 6.16. The maximum Gasteiger partial charge on any atom is 0.243 e. The average molecular weight is 303 g/mol. The molecule has 3 rings (SSSR count). The first-order valence-corrected chi connectivity index (χ1v) is 8.92. The topological polar surface area (TPSA) is 37.4 Å². The van der Waals surface area contributed by atoms with E-state index in [4.69, 9.17) is 0 Å². The monoisotopic (exact) mass is 303 g/mol. The molecule has 4 heteroatoms.